The number of halogens is 2. The van der Waals surface area contributed by atoms with Gasteiger partial charge in [0.15, 0.2) is 0 Å². The first-order valence-electron chi connectivity index (χ1n) is 4.92. The first-order chi connectivity index (χ1) is 7.77. The monoisotopic (exact) mass is 314 g/mol. The normalized spacial score (nSPS) is 15.2. The van der Waals surface area contributed by atoms with Gasteiger partial charge in [0.1, 0.15) is 5.84 Å². The number of fused-ring (bicyclic) bond motifs is 1. The number of aliphatic imine (C=N–C) groups is 1. The smallest absolute Gasteiger partial charge is 0.140 e. The second kappa shape index (κ2) is 4.02. The number of hydrogen-bond acceptors (Lipinski definition) is 3. The summed E-state index contributed by atoms with van der Waals surface area (Å²) in [6, 6.07) is 6.11. The third-order valence-electron chi connectivity index (χ3n) is 2.50. The van der Waals surface area contributed by atoms with Crippen molar-refractivity contribution in [1.82, 2.24) is 5.32 Å². The number of thiophene rings is 1. The zero-order chi connectivity index (χ0) is 11.1. The van der Waals surface area contributed by atoms with Crippen LogP contribution in [0.5, 0.6) is 0 Å². The molecule has 0 spiro atoms. The molecule has 1 aromatic carbocycles. The van der Waals surface area contributed by atoms with E-state index in [-0.39, 0.29) is 0 Å². The minimum atomic E-state index is 0.792. The lowest BCUT2D eigenvalue weighted by Crippen LogP contribution is -2.18. The van der Waals surface area contributed by atoms with E-state index in [0.29, 0.717) is 0 Å². The Morgan fingerprint density at radius 1 is 1.44 bits per heavy atom. The highest BCUT2D eigenvalue weighted by Crippen LogP contribution is 2.39. The van der Waals surface area contributed by atoms with Gasteiger partial charge in [-0.2, -0.15) is 0 Å². The maximum absolute atomic E-state index is 6.40. The number of amidine groups is 1. The molecule has 2 nitrogen and oxygen atoms in total. The fourth-order valence-corrected chi connectivity index (χ4v) is 4.15. The zero-order valence-corrected chi connectivity index (χ0v) is 11.4. The molecule has 0 atom stereocenters. The van der Waals surface area contributed by atoms with Crippen LogP contribution in [-0.2, 0) is 0 Å². The molecule has 0 saturated carbocycles. The van der Waals surface area contributed by atoms with E-state index < -0.39 is 0 Å². The molecule has 0 radical (unpaired) electrons. The summed E-state index contributed by atoms with van der Waals surface area (Å²) in [6.07, 6.45) is 0. The zero-order valence-electron chi connectivity index (χ0n) is 8.26. The number of hydrogen-bond donors (Lipinski definition) is 1. The van der Waals surface area contributed by atoms with Crippen molar-refractivity contribution < 1.29 is 0 Å². The quantitative estimate of drug-likeness (QED) is 0.853. The Labute approximate surface area is 110 Å². The Hall–Kier alpha value is -0.580. The summed E-state index contributed by atoms with van der Waals surface area (Å²) >= 11 is 11.6. The van der Waals surface area contributed by atoms with Crippen molar-refractivity contribution in [3.8, 4) is 0 Å². The largest absolute Gasteiger partial charge is 0.367 e. The van der Waals surface area contributed by atoms with Crippen molar-refractivity contribution in [3.63, 3.8) is 0 Å². The van der Waals surface area contributed by atoms with Gasteiger partial charge in [-0.1, -0.05) is 33.6 Å². The maximum atomic E-state index is 6.40. The molecule has 2 aromatic rings. The predicted octanol–water partition coefficient (Wildman–Crippen LogP) is 3.67. The lowest BCUT2D eigenvalue weighted by atomic mass is 10.2. The average Bonchev–Trinajstić information content (AvgIpc) is 2.86. The van der Waals surface area contributed by atoms with Gasteiger partial charge in [-0.3, -0.25) is 4.99 Å². The van der Waals surface area contributed by atoms with Crippen LogP contribution in [0.4, 0.5) is 0 Å². The van der Waals surface area contributed by atoms with E-state index in [1.807, 2.05) is 12.1 Å². The van der Waals surface area contributed by atoms with Crippen LogP contribution < -0.4 is 5.32 Å². The Kier molecular flexibility index (Phi) is 2.65. The molecule has 1 N–H and O–H groups in total. The summed E-state index contributed by atoms with van der Waals surface area (Å²) in [4.78, 5) is 5.45. The van der Waals surface area contributed by atoms with Crippen LogP contribution in [0, 0.1) is 0 Å². The molecule has 16 heavy (non-hydrogen) atoms. The van der Waals surface area contributed by atoms with Crippen molar-refractivity contribution >= 4 is 54.8 Å². The summed E-state index contributed by atoms with van der Waals surface area (Å²) < 4.78 is 2.22. The highest BCUT2D eigenvalue weighted by molar-refractivity contribution is 9.10. The van der Waals surface area contributed by atoms with Gasteiger partial charge in [0.2, 0.25) is 0 Å². The molecule has 82 valence electrons. The summed E-state index contributed by atoms with van der Waals surface area (Å²) in [6.45, 7) is 1.74. The van der Waals surface area contributed by atoms with E-state index in [1.165, 1.54) is 4.70 Å². The van der Waals surface area contributed by atoms with Crippen LogP contribution >= 0.6 is 38.9 Å². The van der Waals surface area contributed by atoms with Gasteiger partial charge in [0, 0.05) is 21.1 Å². The van der Waals surface area contributed by atoms with Crippen LogP contribution in [0.15, 0.2) is 27.7 Å². The SMILES string of the molecule is Clc1c(C2=NCCN2)sc2cccc(Br)c12. The van der Waals surface area contributed by atoms with Crippen molar-refractivity contribution in [2.75, 3.05) is 13.1 Å². The van der Waals surface area contributed by atoms with Crippen LogP contribution in [0.1, 0.15) is 4.88 Å². The van der Waals surface area contributed by atoms with Gasteiger partial charge in [0.25, 0.3) is 0 Å². The minimum absolute atomic E-state index is 0.792. The summed E-state index contributed by atoms with van der Waals surface area (Å²) in [5.41, 5.74) is 0. The first kappa shape index (κ1) is 10.6. The lowest BCUT2D eigenvalue weighted by Gasteiger charge is -1.98. The van der Waals surface area contributed by atoms with Crippen molar-refractivity contribution in [3.05, 3.63) is 32.6 Å². The van der Waals surface area contributed by atoms with Gasteiger partial charge in [-0.15, -0.1) is 11.3 Å². The lowest BCUT2D eigenvalue weighted by molar-refractivity contribution is 0.960. The third-order valence-corrected chi connectivity index (χ3v) is 4.81. The fraction of sp³-hybridized carbons (Fsp3) is 0.182. The molecule has 1 aliphatic rings. The molecule has 0 aliphatic carbocycles. The van der Waals surface area contributed by atoms with Gasteiger partial charge in [0.05, 0.1) is 16.4 Å². The van der Waals surface area contributed by atoms with Crippen molar-refractivity contribution in [2.45, 2.75) is 0 Å². The van der Waals surface area contributed by atoms with E-state index in [1.54, 1.807) is 11.3 Å². The topological polar surface area (TPSA) is 24.4 Å². The Balaban J connectivity index is 2.27. The molecule has 0 saturated heterocycles. The Morgan fingerprint density at radius 3 is 3.00 bits per heavy atom. The van der Waals surface area contributed by atoms with Crippen LogP contribution in [0.2, 0.25) is 5.02 Å². The van der Waals surface area contributed by atoms with Crippen LogP contribution in [0.25, 0.3) is 10.1 Å². The van der Waals surface area contributed by atoms with Gasteiger partial charge >= 0.3 is 0 Å². The van der Waals surface area contributed by atoms with Crippen LogP contribution in [0.3, 0.4) is 0 Å². The number of nitrogens with one attached hydrogen (secondary N) is 1. The predicted molar refractivity (Wildman–Crippen MR) is 73.9 cm³/mol. The molecular formula is C11H8BrClN2S. The third kappa shape index (κ3) is 1.56. The van der Waals surface area contributed by atoms with Crippen molar-refractivity contribution in [1.29, 1.82) is 0 Å². The number of benzene rings is 1. The van der Waals surface area contributed by atoms with Gasteiger partial charge in [-0.25, -0.2) is 0 Å². The molecule has 0 unspecified atom stereocenters. The molecule has 0 bridgehead atoms. The number of nitrogens with zero attached hydrogens (tertiary/aromatic N) is 1. The maximum Gasteiger partial charge on any atom is 0.140 e. The second-order valence-corrected chi connectivity index (χ2v) is 5.80. The Morgan fingerprint density at radius 2 is 2.31 bits per heavy atom. The van der Waals surface area contributed by atoms with Gasteiger partial charge < -0.3 is 5.32 Å². The highest BCUT2D eigenvalue weighted by atomic mass is 79.9. The summed E-state index contributed by atoms with van der Waals surface area (Å²) in [5, 5.41) is 5.13. The van der Waals surface area contributed by atoms with Gasteiger partial charge in [-0.05, 0) is 12.1 Å². The molecule has 3 rings (SSSR count). The molecule has 0 fully saturated rings. The first-order valence-corrected chi connectivity index (χ1v) is 6.91. The summed E-state index contributed by atoms with van der Waals surface area (Å²) in [7, 11) is 0. The summed E-state index contributed by atoms with van der Waals surface area (Å²) in [5.74, 6) is 0.929. The van der Waals surface area contributed by atoms with E-state index >= 15 is 0 Å². The average molecular weight is 316 g/mol. The standard InChI is InChI=1S/C11H8BrClN2S/c12-6-2-1-3-7-8(6)9(13)10(16-7)11-14-4-5-15-11/h1-3H,4-5H2,(H,14,15). The molecule has 1 aromatic heterocycles. The fourth-order valence-electron chi connectivity index (χ4n) is 1.77. The van der Waals surface area contributed by atoms with E-state index in [4.69, 9.17) is 11.6 Å². The number of rotatable bonds is 1. The minimum Gasteiger partial charge on any atom is -0.367 e. The molecular weight excluding hydrogens is 308 g/mol. The van der Waals surface area contributed by atoms with Crippen LogP contribution in [-0.4, -0.2) is 18.9 Å². The molecule has 5 heteroatoms. The Bertz CT molecular complexity index is 591. The van der Waals surface area contributed by atoms with Crippen molar-refractivity contribution in [2.24, 2.45) is 4.99 Å². The second-order valence-electron chi connectivity index (χ2n) is 3.52. The van der Waals surface area contributed by atoms with E-state index in [2.05, 4.69) is 32.3 Å². The molecule has 2 heterocycles. The molecule has 0 amide bonds. The highest BCUT2D eigenvalue weighted by Gasteiger charge is 2.18. The molecule has 1 aliphatic heterocycles. The van der Waals surface area contributed by atoms with E-state index in [9.17, 15) is 0 Å². The van der Waals surface area contributed by atoms with E-state index in [0.717, 1.165) is 38.7 Å².